The monoisotopic (exact) mass is 744 g/mol. The van der Waals surface area contributed by atoms with E-state index in [-0.39, 0.29) is 17.7 Å². The molecule has 2 aromatic heterocycles. The van der Waals surface area contributed by atoms with Crippen LogP contribution in [-0.2, 0) is 42.4 Å². The van der Waals surface area contributed by atoms with Crippen molar-refractivity contribution < 1.29 is 46.9 Å². The van der Waals surface area contributed by atoms with Crippen LogP contribution in [0.4, 0.5) is 5.82 Å². The lowest BCUT2D eigenvalue weighted by Gasteiger charge is -2.33. The van der Waals surface area contributed by atoms with E-state index >= 15 is 0 Å². The predicted octanol–water partition coefficient (Wildman–Crippen LogP) is 4.10. The van der Waals surface area contributed by atoms with Crippen LogP contribution >= 0.6 is 7.75 Å². The molecule has 1 aromatic carbocycles. The smallest absolute Gasteiger partial charge is 0.459 e. The molecule has 52 heavy (non-hydrogen) atoms. The van der Waals surface area contributed by atoms with E-state index in [4.69, 9.17) is 33.7 Å². The quantitative estimate of drug-likeness (QED) is 0.136. The van der Waals surface area contributed by atoms with Crippen molar-refractivity contribution in [3.8, 4) is 5.75 Å². The first kappa shape index (κ1) is 39.1. The number of carbonyl (C=O) groups is 3. The van der Waals surface area contributed by atoms with Crippen LogP contribution in [0.25, 0.3) is 5.52 Å². The molecular weight excluding hydrogens is 695 g/mol. The average Bonchev–Trinajstić information content (AvgIpc) is 3.65. The molecule has 3 N–H and O–H groups in total. The van der Waals surface area contributed by atoms with Crippen LogP contribution in [0, 0.1) is 11.8 Å². The summed E-state index contributed by atoms with van der Waals surface area (Å²) >= 11 is 0. The fraction of sp³-hybridized carbons (Fsp3) is 0.571. The minimum atomic E-state index is -4.41. The van der Waals surface area contributed by atoms with Crippen molar-refractivity contribution in [2.75, 3.05) is 32.5 Å². The number of hydrogen-bond donors (Lipinski definition) is 2. The first-order valence-electron chi connectivity index (χ1n) is 17.4. The summed E-state index contributed by atoms with van der Waals surface area (Å²) < 4.78 is 52.5. The Morgan fingerprint density at radius 2 is 1.63 bits per heavy atom. The maximum atomic E-state index is 14.6. The fourth-order valence-corrected chi connectivity index (χ4v) is 7.48. The van der Waals surface area contributed by atoms with E-state index in [2.05, 4.69) is 20.1 Å². The van der Waals surface area contributed by atoms with Gasteiger partial charge in [-0.25, -0.2) is 14.1 Å². The van der Waals surface area contributed by atoms with Crippen molar-refractivity contribution in [2.45, 2.75) is 90.4 Å². The average molecular weight is 745 g/mol. The molecule has 2 aliphatic heterocycles. The number of aromatic nitrogens is 3. The van der Waals surface area contributed by atoms with E-state index in [1.165, 1.54) is 17.8 Å². The molecule has 4 heterocycles. The minimum Gasteiger partial charge on any atom is -0.461 e. The lowest BCUT2D eigenvalue weighted by Crippen LogP contribution is -2.49. The first-order valence-corrected chi connectivity index (χ1v) is 19.0. The molecule has 0 saturated carbocycles. The molecule has 16 nitrogen and oxygen atoms in total. The van der Waals surface area contributed by atoms with Crippen molar-refractivity contribution in [3.63, 3.8) is 0 Å². The second kappa shape index (κ2) is 16.3. The largest absolute Gasteiger partial charge is 0.461 e. The number of piperidine rings is 1. The molecule has 0 amide bonds. The van der Waals surface area contributed by atoms with E-state index in [1.807, 2.05) is 7.05 Å². The number of anilines is 1. The van der Waals surface area contributed by atoms with Crippen LogP contribution in [0.1, 0.15) is 66.2 Å². The Hall–Kier alpha value is -4.08. The van der Waals surface area contributed by atoms with Gasteiger partial charge in [0.05, 0.1) is 24.1 Å². The fourth-order valence-electron chi connectivity index (χ4n) is 5.89. The molecule has 17 heteroatoms. The van der Waals surface area contributed by atoms with E-state index in [1.54, 1.807) is 77.1 Å². The molecule has 0 spiro atoms. The van der Waals surface area contributed by atoms with Crippen LogP contribution in [0.2, 0.25) is 0 Å². The lowest BCUT2D eigenvalue weighted by molar-refractivity contribution is -0.175. The van der Waals surface area contributed by atoms with Gasteiger partial charge >= 0.3 is 25.7 Å². The molecule has 0 bridgehead atoms. The highest BCUT2D eigenvalue weighted by Gasteiger charge is 2.59. The van der Waals surface area contributed by atoms with Gasteiger partial charge in [-0.05, 0) is 58.0 Å². The molecule has 2 fully saturated rings. The number of nitrogens with two attached hydrogens (primary N) is 1. The number of nitrogens with one attached hydrogen (secondary N) is 1. The normalized spacial score (nSPS) is 24.4. The molecule has 6 atom stereocenters. The van der Waals surface area contributed by atoms with E-state index in [9.17, 15) is 18.9 Å². The summed E-state index contributed by atoms with van der Waals surface area (Å²) in [6, 6.07) is 10.6. The van der Waals surface area contributed by atoms with Gasteiger partial charge < -0.3 is 34.1 Å². The summed E-state index contributed by atoms with van der Waals surface area (Å²) in [5, 5.41) is 7.05. The van der Waals surface area contributed by atoms with Gasteiger partial charge in [0.25, 0.3) is 0 Å². The van der Waals surface area contributed by atoms with Crippen molar-refractivity contribution >= 4 is 37.0 Å². The van der Waals surface area contributed by atoms with E-state index in [0.717, 1.165) is 13.1 Å². The molecule has 2 saturated heterocycles. The number of likely N-dealkylation sites (tertiary alicyclic amines) is 1. The Labute approximate surface area is 303 Å². The summed E-state index contributed by atoms with van der Waals surface area (Å²) in [6.45, 7) is 10.8. The van der Waals surface area contributed by atoms with Crippen LogP contribution in [0.15, 0.2) is 48.8 Å². The molecule has 2 aliphatic rings. The van der Waals surface area contributed by atoms with Gasteiger partial charge in [-0.2, -0.15) is 10.2 Å². The van der Waals surface area contributed by atoms with E-state index in [0.29, 0.717) is 24.1 Å². The zero-order chi connectivity index (χ0) is 37.8. The third kappa shape index (κ3) is 9.10. The Morgan fingerprint density at radius 3 is 2.29 bits per heavy atom. The predicted molar refractivity (Wildman–Crippen MR) is 189 cm³/mol. The number of rotatable bonds is 14. The van der Waals surface area contributed by atoms with Gasteiger partial charge in [0.15, 0.2) is 18.0 Å². The minimum absolute atomic E-state index is 0.202. The molecular formula is C35H49N6O10P. The SMILES string of the molecule is CC(C)C(=O)O[C@H]1[C@H](c2ccc3c(N)ncnn23)O[C@](C)(CO[P@@](=O)(N[C@@H](C)C(=O)OC2CCN(C)CC2)Oc2ccccc2)[C@H]1OC(=O)C(C)C. The number of esters is 3. The van der Waals surface area contributed by atoms with Gasteiger partial charge in [0, 0.05) is 13.1 Å². The van der Waals surface area contributed by atoms with Crippen molar-refractivity contribution in [2.24, 2.45) is 11.8 Å². The van der Waals surface area contributed by atoms with Gasteiger partial charge in [0.1, 0.15) is 41.4 Å². The van der Waals surface area contributed by atoms with Gasteiger partial charge in [-0.3, -0.25) is 18.9 Å². The molecule has 5 rings (SSSR count). The van der Waals surface area contributed by atoms with Crippen molar-refractivity contribution in [1.29, 1.82) is 0 Å². The number of nitrogens with zero attached hydrogens (tertiary/aromatic N) is 4. The van der Waals surface area contributed by atoms with Gasteiger partial charge in [-0.1, -0.05) is 45.9 Å². The lowest BCUT2D eigenvalue weighted by atomic mass is 9.95. The number of nitrogen functional groups attached to an aromatic ring is 1. The second-order valence-corrected chi connectivity index (χ2v) is 15.8. The maximum absolute atomic E-state index is 14.6. The van der Waals surface area contributed by atoms with Crippen LogP contribution in [0.3, 0.4) is 0 Å². The number of hydrogen-bond acceptors (Lipinski definition) is 14. The first-order chi connectivity index (χ1) is 24.6. The number of benzene rings is 1. The highest BCUT2D eigenvalue weighted by molar-refractivity contribution is 7.52. The number of carbonyl (C=O) groups excluding carboxylic acids is 3. The Kier molecular flexibility index (Phi) is 12.3. The number of ether oxygens (including phenoxy) is 4. The zero-order valence-corrected chi connectivity index (χ0v) is 31.5. The molecule has 284 valence electrons. The summed E-state index contributed by atoms with van der Waals surface area (Å²) in [7, 11) is -2.40. The van der Waals surface area contributed by atoms with Gasteiger partial charge in [0.2, 0.25) is 0 Å². The van der Waals surface area contributed by atoms with Crippen LogP contribution in [0.5, 0.6) is 5.75 Å². The molecule has 3 aromatic rings. The third-order valence-electron chi connectivity index (χ3n) is 8.98. The zero-order valence-electron chi connectivity index (χ0n) is 30.6. The van der Waals surface area contributed by atoms with Gasteiger partial charge in [-0.15, -0.1) is 0 Å². The topological polar surface area (TPSA) is 195 Å². The van der Waals surface area contributed by atoms with E-state index < -0.39 is 74.1 Å². The number of fused-ring (bicyclic) bond motifs is 1. The summed E-state index contributed by atoms with van der Waals surface area (Å²) in [5.74, 6) is -2.47. The molecule has 0 unspecified atom stereocenters. The number of para-hydroxylation sites is 1. The van der Waals surface area contributed by atoms with Crippen LogP contribution < -0.4 is 15.3 Å². The highest BCUT2D eigenvalue weighted by Crippen LogP contribution is 2.50. The summed E-state index contributed by atoms with van der Waals surface area (Å²) in [5.41, 5.74) is 5.40. The summed E-state index contributed by atoms with van der Waals surface area (Å²) in [6.07, 6.45) is -1.19. The van der Waals surface area contributed by atoms with Crippen LogP contribution in [-0.4, -0.2) is 94.1 Å². The second-order valence-electron chi connectivity index (χ2n) is 14.1. The van der Waals surface area contributed by atoms with Crippen molar-refractivity contribution in [1.82, 2.24) is 24.6 Å². The third-order valence-corrected chi connectivity index (χ3v) is 10.6. The Morgan fingerprint density at radius 1 is 0.981 bits per heavy atom. The molecule has 0 aliphatic carbocycles. The Bertz CT molecular complexity index is 1760. The highest BCUT2D eigenvalue weighted by atomic mass is 31.2. The molecule has 0 radical (unpaired) electrons. The standard InChI is InChI=1S/C35H49N6O10P/c1-21(2)32(42)48-29-28(26-13-14-27-31(36)37-20-38-41(26)27)50-35(6,30(29)49-33(43)22(3)4)19-46-52(45,51-25-11-9-8-10-12-25)39-23(5)34(44)47-24-15-17-40(7)18-16-24/h8-14,20-24,28-30H,15-19H2,1-7H3,(H,39,45)(H2,36,37,38)/t23-,28-,29-,30-,35+,52-/m0/s1. The van der Waals surface area contributed by atoms with Crippen molar-refractivity contribution in [3.05, 3.63) is 54.5 Å². The Balaban J connectivity index is 1.47. The maximum Gasteiger partial charge on any atom is 0.459 e. The summed E-state index contributed by atoms with van der Waals surface area (Å²) in [4.78, 5) is 45.8.